The van der Waals surface area contributed by atoms with Crippen molar-refractivity contribution in [3.05, 3.63) is 29.3 Å². The van der Waals surface area contributed by atoms with E-state index in [-0.39, 0.29) is 18.1 Å². The molecule has 4 nitrogen and oxygen atoms in total. The summed E-state index contributed by atoms with van der Waals surface area (Å²) in [4.78, 5) is 22.3. The van der Waals surface area contributed by atoms with E-state index in [4.69, 9.17) is 4.74 Å². The summed E-state index contributed by atoms with van der Waals surface area (Å²) in [5.74, 6) is 0.784. The molecule has 0 saturated carbocycles. The summed E-state index contributed by atoms with van der Waals surface area (Å²) in [6.07, 6.45) is -0.0770. The molecule has 19 heavy (non-hydrogen) atoms. The molecule has 0 spiro atoms. The molecular formula is C15H21NO3. The molecular weight excluding hydrogens is 242 g/mol. The van der Waals surface area contributed by atoms with E-state index in [2.05, 4.69) is 19.2 Å². The number of benzene rings is 1. The lowest BCUT2D eigenvalue weighted by Crippen LogP contribution is -2.24. The molecule has 0 fully saturated rings. The summed E-state index contributed by atoms with van der Waals surface area (Å²) in [7, 11) is 1.61. The number of carbonyl (C=O) groups is 2. The summed E-state index contributed by atoms with van der Waals surface area (Å²) < 4.78 is 5.33. The van der Waals surface area contributed by atoms with Crippen LogP contribution in [0.3, 0.4) is 0 Å². The monoisotopic (exact) mass is 263 g/mol. The van der Waals surface area contributed by atoms with Crippen LogP contribution < -0.4 is 10.1 Å². The third kappa shape index (κ3) is 4.73. The topological polar surface area (TPSA) is 55.4 Å². The number of ketones is 1. The molecule has 1 amide bonds. The van der Waals surface area contributed by atoms with Crippen LogP contribution in [0.1, 0.15) is 44.2 Å². The van der Waals surface area contributed by atoms with Crippen LogP contribution in [0.4, 0.5) is 0 Å². The predicted molar refractivity (Wildman–Crippen MR) is 74.2 cm³/mol. The summed E-state index contributed by atoms with van der Waals surface area (Å²) in [6, 6.07) is 5.96. The van der Waals surface area contributed by atoms with E-state index in [0.29, 0.717) is 12.5 Å². The van der Waals surface area contributed by atoms with Crippen LogP contribution in [0.15, 0.2) is 18.2 Å². The van der Waals surface area contributed by atoms with E-state index in [0.717, 1.165) is 11.3 Å². The largest absolute Gasteiger partial charge is 0.496 e. The minimum Gasteiger partial charge on any atom is -0.496 e. The molecule has 0 aliphatic carbocycles. The number of nitrogens with one attached hydrogen (secondary N) is 1. The molecule has 104 valence electrons. The van der Waals surface area contributed by atoms with Crippen LogP contribution in [-0.2, 0) is 16.1 Å². The molecule has 4 heteroatoms. The molecule has 0 saturated heterocycles. The Hall–Kier alpha value is -1.84. The van der Waals surface area contributed by atoms with Crippen molar-refractivity contribution in [1.82, 2.24) is 5.32 Å². The van der Waals surface area contributed by atoms with E-state index >= 15 is 0 Å². The lowest BCUT2D eigenvalue weighted by Gasteiger charge is -2.13. The van der Waals surface area contributed by atoms with Gasteiger partial charge in [0.1, 0.15) is 11.5 Å². The maximum absolute atomic E-state index is 11.4. The van der Waals surface area contributed by atoms with Gasteiger partial charge in [-0.2, -0.15) is 0 Å². The van der Waals surface area contributed by atoms with Gasteiger partial charge in [0, 0.05) is 12.1 Å². The molecule has 0 aliphatic rings. The fraction of sp³-hybridized carbons (Fsp3) is 0.467. The van der Waals surface area contributed by atoms with E-state index in [1.54, 1.807) is 7.11 Å². The van der Waals surface area contributed by atoms with Gasteiger partial charge in [0.15, 0.2) is 0 Å². The highest BCUT2D eigenvalue weighted by Crippen LogP contribution is 2.24. The first-order valence-corrected chi connectivity index (χ1v) is 6.37. The average molecular weight is 263 g/mol. The Kier molecular flexibility index (Phi) is 5.55. The van der Waals surface area contributed by atoms with Crippen LogP contribution in [0, 0.1) is 0 Å². The van der Waals surface area contributed by atoms with Gasteiger partial charge in [0.25, 0.3) is 0 Å². The number of hydrogen-bond acceptors (Lipinski definition) is 3. The van der Waals surface area contributed by atoms with Crippen molar-refractivity contribution >= 4 is 11.7 Å². The third-order valence-electron chi connectivity index (χ3n) is 2.86. The number of carbonyl (C=O) groups excluding carboxylic acids is 2. The number of Topliss-reactive ketones (excluding diaryl/α,β-unsaturated/α-hetero) is 1. The highest BCUT2D eigenvalue weighted by Gasteiger charge is 2.09. The molecule has 1 N–H and O–H groups in total. The SMILES string of the molecule is COc1cc(C(C)C)ccc1CNC(=O)CC(C)=O. The summed E-state index contributed by atoms with van der Waals surface area (Å²) in [5.41, 5.74) is 2.10. The Morgan fingerprint density at radius 3 is 2.53 bits per heavy atom. The van der Waals surface area contributed by atoms with Gasteiger partial charge in [0.05, 0.1) is 13.5 Å². The second-order valence-corrected chi connectivity index (χ2v) is 4.88. The van der Waals surface area contributed by atoms with Gasteiger partial charge in [-0.1, -0.05) is 26.0 Å². The van der Waals surface area contributed by atoms with Crippen LogP contribution in [0.25, 0.3) is 0 Å². The molecule has 1 aromatic carbocycles. The molecule has 0 bridgehead atoms. The van der Waals surface area contributed by atoms with Crippen molar-refractivity contribution < 1.29 is 14.3 Å². The van der Waals surface area contributed by atoms with Crippen LogP contribution in [0.2, 0.25) is 0 Å². The van der Waals surface area contributed by atoms with E-state index in [9.17, 15) is 9.59 Å². The van der Waals surface area contributed by atoms with Crippen molar-refractivity contribution in [3.8, 4) is 5.75 Å². The van der Waals surface area contributed by atoms with E-state index < -0.39 is 0 Å². The Labute approximate surface area is 114 Å². The van der Waals surface area contributed by atoms with Crippen LogP contribution in [0.5, 0.6) is 5.75 Å². The van der Waals surface area contributed by atoms with Crippen molar-refractivity contribution in [1.29, 1.82) is 0 Å². The van der Waals surface area contributed by atoms with Gasteiger partial charge in [0.2, 0.25) is 5.91 Å². The Balaban J connectivity index is 2.73. The Morgan fingerprint density at radius 2 is 2.00 bits per heavy atom. The van der Waals surface area contributed by atoms with Gasteiger partial charge in [-0.05, 0) is 24.5 Å². The first-order chi connectivity index (χ1) is 8.93. The van der Waals surface area contributed by atoms with Crippen molar-refractivity contribution in [2.45, 2.75) is 39.7 Å². The lowest BCUT2D eigenvalue weighted by atomic mass is 10.0. The number of methoxy groups -OCH3 is 1. The summed E-state index contributed by atoms with van der Waals surface area (Å²) in [6.45, 7) is 6.00. The zero-order valence-corrected chi connectivity index (χ0v) is 11.9. The molecule has 0 aliphatic heterocycles. The Bertz CT molecular complexity index is 466. The first-order valence-electron chi connectivity index (χ1n) is 6.37. The van der Waals surface area contributed by atoms with Gasteiger partial charge < -0.3 is 10.1 Å². The number of rotatable bonds is 6. The highest BCUT2D eigenvalue weighted by molar-refractivity contribution is 5.96. The molecule has 0 radical (unpaired) electrons. The maximum atomic E-state index is 11.4. The smallest absolute Gasteiger partial charge is 0.227 e. The number of hydrogen-bond donors (Lipinski definition) is 1. The minimum absolute atomic E-state index is 0.0770. The predicted octanol–water partition coefficient (Wildman–Crippen LogP) is 2.41. The summed E-state index contributed by atoms with van der Waals surface area (Å²) in [5, 5.41) is 2.71. The molecule has 1 aromatic rings. The molecule has 0 unspecified atom stereocenters. The van der Waals surface area contributed by atoms with E-state index in [1.807, 2.05) is 18.2 Å². The summed E-state index contributed by atoms with van der Waals surface area (Å²) >= 11 is 0. The molecule has 1 rings (SSSR count). The number of ether oxygens (including phenoxy) is 1. The Morgan fingerprint density at radius 1 is 1.32 bits per heavy atom. The highest BCUT2D eigenvalue weighted by atomic mass is 16.5. The maximum Gasteiger partial charge on any atom is 0.227 e. The molecule has 0 aromatic heterocycles. The standard InChI is InChI=1S/C15H21NO3/c1-10(2)12-5-6-13(14(8-12)19-4)9-16-15(18)7-11(3)17/h5-6,8,10H,7,9H2,1-4H3,(H,16,18). The molecule has 0 atom stereocenters. The fourth-order valence-electron chi connectivity index (χ4n) is 1.75. The normalized spacial score (nSPS) is 10.4. The van der Waals surface area contributed by atoms with Gasteiger partial charge >= 0.3 is 0 Å². The first kappa shape index (κ1) is 15.2. The van der Waals surface area contributed by atoms with Gasteiger partial charge in [-0.25, -0.2) is 0 Å². The second kappa shape index (κ2) is 6.92. The molecule has 0 heterocycles. The second-order valence-electron chi connectivity index (χ2n) is 4.88. The van der Waals surface area contributed by atoms with Gasteiger partial charge in [-0.15, -0.1) is 0 Å². The van der Waals surface area contributed by atoms with Crippen LogP contribution in [-0.4, -0.2) is 18.8 Å². The number of amides is 1. The quantitative estimate of drug-likeness (QED) is 0.802. The zero-order valence-electron chi connectivity index (χ0n) is 11.9. The van der Waals surface area contributed by atoms with Gasteiger partial charge in [-0.3, -0.25) is 9.59 Å². The zero-order chi connectivity index (χ0) is 14.4. The lowest BCUT2D eigenvalue weighted by molar-refractivity contribution is -0.127. The van der Waals surface area contributed by atoms with Crippen molar-refractivity contribution in [2.75, 3.05) is 7.11 Å². The average Bonchev–Trinajstić information content (AvgIpc) is 2.35. The third-order valence-corrected chi connectivity index (χ3v) is 2.86. The fourth-order valence-corrected chi connectivity index (χ4v) is 1.75. The van der Waals surface area contributed by atoms with Crippen molar-refractivity contribution in [3.63, 3.8) is 0 Å². The van der Waals surface area contributed by atoms with Crippen molar-refractivity contribution in [2.24, 2.45) is 0 Å². The van der Waals surface area contributed by atoms with E-state index in [1.165, 1.54) is 12.5 Å². The minimum atomic E-state index is -0.262. The van der Waals surface area contributed by atoms with Crippen LogP contribution >= 0.6 is 0 Å².